The first kappa shape index (κ1) is 40.0. The van der Waals surface area contributed by atoms with Crippen LogP contribution in [0.2, 0.25) is 20.1 Å². The van der Waals surface area contributed by atoms with Crippen molar-refractivity contribution < 1.29 is 19.2 Å². The largest absolute Gasteiger partial charge is 0.322 e. The zero-order valence-electron chi connectivity index (χ0n) is 28.4. The number of unbranched alkanes of at least 4 members (excludes halogenated alkanes) is 3. The van der Waals surface area contributed by atoms with Crippen LogP contribution >= 0.6 is 46.4 Å². The smallest absolute Gasteiger partial charge is 0.257 e. The first-order valence-electron chi connectivity index (χ1n) is 16.3. The van der Waals surface area contributed by atoms with E-state index in [0.717, 1.165) is 24.0 Å². The van der Waals surface area contributed by atoms with Crippen LogP contribution in [0.25, 0.3) is 0 Å². The Morgan fingerprint density at radius 3 is 1.23 bits per heavy atom. The van der Waals surface area contributed by atoms with Gasteiger partial charge in [-0.1, -0.05) is 83.5 Å². The summed E-state index contributed by atoms with van der Waals surface area (Å²) in [5.41, 5.74) is 9.70. The van der Waals surface area contributed by atoms with Gasteiger partial charge in [-0.3, -0.25) is 19.2 Å². The number of amides is 4. The van der Waals surface area contributed by atoms with Crippen LogP contribution in [0.5, 0.6) is 0 Å². The first-order valence-corrected chi connectivity index (χ1v) is 17.8. The van der Waals surface area contributed by atoms with Crippen LogP contribution in [0.4, 0.5) is 11.4 Å². The number of hydrogen-bond acceptors (Lipinski definition) is 6. The van der Waals surface area contributed by atoms with Crippen LogP contribution in [-0.2, 0) is 9.59 Å². The molecule has 0 aromatic heterocycles. The van der Waals surface area contributed by atoms with Crippen molar-refractivity contribution in [3.05, 3.63) is 127 Å². The molecule has 10 nitrogen and oxygen atoms in total. The van der Waals surface area contributed by atoms with E-state index in [0.29, 0.717) is 69.7 Å². The molecular weight excluding hydrogens is 746 g/mol. The van der Waals surface area contributed by atoms with Crippen molar-refractivity contribution in [3.63, 3.8) is 0 Å². The highest BCUT2D eigenvalue weighted by Gasteiger charge is 2.13. The van der Waals surface area contributed by atoms with Gasteiger partial charge in [-0.2, -0.15) is 10.2 Å². The van der Waals surface area contributed by atoms with E-state index in [1.165, 1.54) is 12.1 Å². The van der Waals surface area contributed by atoms with Crippen molar-refractivity contribution in [2.24, 2.45) is 10.2 Å². The van der Waals surface area contributed by atoms with Crippen molar-refractivity contribution in [1.82, 2.24) is 10.9 Å². The molecule has 4 amide bonds. The summed E-state index contributed by atoms with van der Waals surface area (Å²) < 4.78 is 0. The summed E-state index contributed by atoms with van der Waals surface area (Å²) in [5, 5.41) is 15.4. The van der Waals surface area contributed by atoms with Gasteiger partial charge >= 0.3 is 0 Å². The van der Waals surface area contributed by atoms with Crippen LogP contribution < -0.4 is 21.5 Å². The molecule has 0 saturated carbocycles. The van der Waals surface area contributed by atoms with Gasteiger partial charge in [-0.05, 0) is 98.5 Å². The van der Waals surface area contributed by atoms with Gasteiger partial charge in [0.05, 0.1) is 32.6 Å². The third-order valence-corrected chi connectivity index (χ3v) is 8.82. The Bertz CT molecular complexity index is 1840. The molecule has 0 aliphatic heterocycles. The Labute approximate surface area is 322 Å². The summed E-state index contributed by atoms with van der Waals surface area (Å²) in [6.45, 7) is 3.55. The average Bonchev–Trinajstić information content (AvgIpc) is 3.11. The molecule has 0 radical (unpaired) electrons. The van der Waals surface area contributed by atoms with Crippen molar-refractivity contribution in [1.29, 1.82) is 0 Å². The predicted octanol–water partition coefficient (Wildman–Crippen LogP) is 9.53. The van der Waals surface area contributed by atoms with E-state index in [1.807, 2.05) is 0 Å². The summed E-state index contributed by atoms with van der Waals surface area (Å²) in [6, 6.07) is 23.4. The predicted molar refractivity (Wildman–Crippen MR) is 210 cm³/mol. The van der Waals surface area contributed by atoms with E-state index in [1.54, 1.807) is 86.6 Å². The van der Waals surface area contributed by atoms with E-state index in [9.17, 15) is 19.2 Å². The Balaban J connectivity index is 1.09. The van der Waals surface area contributed by atoms with Gasteiger partial charge in [0.1, 0.15) is 0 Å². The average molecular weight is 783 g/mol. The summed E-state index contributed by atoms with van der Waals surface area (Å²) >= 11 is 24.0. The minimum absolute atomic E-state index is 0.202. The molecule has 52 heavy (non-hydrogen) atoms. The fourth-order valence-corrected chi connectivity index (χ4v) is 5.78. The lowest BCUT2D eigenvalue weighted by atomic mass is 10.1. The lowest BCUT2D eigenvalue weighted by molar-refractivity contribution is -0.122. The number of nitrogens with one attached hydrogen (secondary N) is 4. The lowest BCUT2D eigenvalue weighted by Crippen LogP contribution is -2.19. The summed E-state index contributed by atoms with van der Waals surface area (Å²) in [4.78, 5) is 49.7. The van der Waals surface area contributed by atoms with Gasteiger partial charge in [0.25, 0.3) is 11.8 Å². The molecule has 0 unspecified atom stereocenters. The topological polar surface area (TPSA) is 141 Å². The molecule has 0 aliphatic rings. The molecule has 14 heteroatoms. The number of rotatable bonds is 15. The molecule has 4 aromatic carbocycles. The summed E-state index contributed by atoms with van der Waals surface area (Å²) in [6.07, 6.45) is 3.51. The Morgan fingerprint density at radius 2 is 0.885 bits per heavy atom. The molecule has 0 atom stereocenters. The number of anilines is 2. The summed E-state index contributed by atoms with van der Waals surface area (Å²) in [7, 11) is 0. The van der Waals surface area contributed by atoms with Crippen molar-refractivity contribution in [2.45, 2.75) is 52.4 Å². The number of benzene rings is 4. The first-order chi connectivity index (χ1) is 24.9. The highest BCUT2D eigenvalue weighted by atomic mass is 35.5. The van der Waals surface area contributed by atoms with Crippen molar-refractivity contribution >= 4 is 92.8 Å². The van der Waals surface area contributed by atoms with E-state index < -0.39 is 0 Å². The maximum Gasteiger partial charge on any atom is 0.257 e. The lowest BCUT2D eigenvalue weighted by Gasteiger charge is -2.08. The molecular formula is C38H36Cl4N6O4. The standard InChI is InChI=1S/C38H36Cl4N6O4/c1-23(25-9-15-29(16-10-25)43-37(51)31-19-13-27(39)21-33(31)41)45-47-35(49)7-5-3-4-6-8-36(50)48-46-24(2)26-11-17-30(18-12-26)44-38(52)32-20-14-28(40)22-34(32)42/h9-22H,3-8H2,1-2H3,(H,43,51)(H,44,52)(H,47,49)(H,48,50)/b45-23+,46-24+. The third kappa shape index (κ3) is 12.5. The number of hydrogen-bond donors (Lipinski definition) is 4. The van der Waals surface area contributed by atoms with E-state index in [4.69, 9.17) is 46.4 Å². The molecule has 4 N–H and O–H groups in total. The minimum atomic E-state index is -0.359. The Hall–Kier alpha value is -4.74. The molecule has 0 spiro atoms. The molecule has 0 aliphatic carbocycles. The van der Waals surface area contributed by atoms with Gasteiger partial charge in [-0.25, -0.2) is 10.9 Å². The molecule has 0 fully saturated rings. The van der Waals surface area contributed by atoms with Crippen LogP contribution in [0.1, 0.15) is 84.2 Å². The van der Waals surface area contributed by atoms with Crippen LogP contribution in [0.3, 0.4) is 0 Å². The van der Waals surface area contributed by atoms with E-state index in [-0.39, 0.29) is 33.7 Å². The fraction of sp³-hybridized carbons (Fsp3) is 0.211. The maximum atomic E-state index is 12.5. The Morgan fingerprint density at radius 1 is 0.519 bits per heavy atom. The quantitative estimate of drug-likeness (QED) is 0.0542. The van der Waals surface area contributed by atoms with Crippen LogP contribution in [0.15, 0.2) is 95.1 Å². The van der Waals surface area contributed by atoms with Gasteiger partial charge in [0, 0.05) is 34.3 Å². The van der Waals surface area contributed by atoms with Gasteiger partial charge in [0.15, 0.2) is 0 Å². The van der Waals surface area contributed by atoms with Gasteiger partial charge < -0.3 is 10.6 Å². The summed E-state index contributed by atoms with van der Waals surface area (Å²) in [5.74, 6) is -1.12. The maximum absolute atomic E-state index is 12.5. The fourth-order valence-electron chi connectivity index (χ4n) is 4.79. The second-order valence-electron chi connectivity index (χ2n) is 11.7. The molecule has 0 bridgehead atoms. The number of halogens is 4. The number of carbonyl (C=O) groups excluding carboxylic acids is 4. The third-order valence-electron chi connectivity index (χ3n) is 7.73. The van der Waals surface area contributed by atoms with Crippen LogP contribution in [0, 0.1) is 0 Å². The van der Waals surface area contributed by atoms with Crippen molar-refractivity contribution in [3.8, 4) is 0 Å². The Kier molecular flexibility index (Phi) is 15.2. The molecule has 0 saturated heterocycles. The van der Waals surface area contributed by atoms with Crippen LogP contribution in [-0.4, -0.2) is 35.1 Å². The minimum Gasteiger partial charge on any atom is -0.322 e. The van der Waals surface area contributed by atoms with E-state index >= 15 is 0 Å². The SMILES string of the molecule is C/C(=N\NC(=O)CCCCCCC(=O)N/N=C(\C)c1ccc(NC(=O)c2ccc(Cl)cc2Cl)cc1)c1ccc(NC(=O)c2ccc(Cl)cc2Cl)cc1. The number of hydrazone groups is 2. The molecule has 0 heterocycles. The van der Waals surface area contributed by atoms with E-state index in [2.05, 4.69) is 31.7 Å². The zero-order valence-corrected chi connectivity index (χ0v) is 31.4. The normalized spacial score (nSPS) is 11.5. The molecule has 4 aromatic rings. The second-order valence-corrected chi connectivity index (χ2v) is 13.4. The second kappa shape index (κ2) is 19.8. The number of nitrogens with zero attached hydrogens (tertiary/aromatic N) is 2. The monoisotopic (exact) mass is 780 g/mol. The zero-order chi connectivity index (χ0) is 37.6. The number of carbonyl (C=O) groups is 4. The molecule has 4 rings (SSSR count). The van der Waals surface area contributed by atoms with Gasteiger partial charge in [-0.15, -0.1) is 0 Å². The highest BCUT2D eigenvalue weighted by molar-refractivity contribution is 6.38. The van der Waals surface area contributed by atoms with Crippen molar-refractivity contribution in [2.75, 3.05) is 10.6 Å². The highest BCUT2D eigenvalue weighted by Crippen LogP contribution is 2.24. The van der Waals surface area contributed by atoms with Gasteiger partial charge in [0.2, 0.25) is 11.8 Å². The molecule has 270 valence electrons.